The first-order chi connectivity index (χ1) is 26.8. The van der Waals surface area contributed by atoms with Gasteiger partial charge in [0.1, 0.15) is 0 Å². The highest BCUT2D eigenvalue weighted by molar-refractivity contribution is 7.21. The maximum Gasteiger partial charge on any atom is 0.197 e. The number of fused-ring (bicyclic) bond motifs is 10. The highest BCUT2D eigenvalue weighted by atomic mass is 32.1. The van der Waals surface area contributed by atoms with Crippen LogP contribution in [-0.2, 0) is 14.1 Å². The van der Waals surface area contributed by atoms with Gasteiger partial charge in [-0.15, -0.1) is 22.7 Å². The van der Waals surface area contributed by atoms with Crippen LogP contribution in [0.4, 0.5) is 17.6 Å². The van der Waals surface area contributed by atoms with Crippen LogP contribution in [0.1, 0.15) is 51.2 Å². The van der Waals surface area contributed by atoms with Crippen molar-refractivity contribution in [2.45, 2.75) is 0 Å². The Balaban J connectivity index is 0.963. The van der Waals surface area contributed by atoms with Crippen molar-refractivity contribution in [2.75, 3.05) is 0 Å². The van der Waals surface area contributed by atoms with Crippen molar-refractivity contribution in [1.82, 2.24) is 9.13 Å². The van der Waals surface area contributed by atoms with E-state index in [4.69, 9.17) is 0 Å². The van der Waals surface area contributed by atoms with Crippen LogP contribution in [0.5, 0.6) is 0 Å². The molecule has 12 heteroatoms. The van der Waals surface area contributed by atoms with E-state index in [-0.39, 0.29) is 33.4 Å². The molecule has 56 heavy (non-hydrogen) atoms. The Bertz CT molecular complexity index is 3170. The number of rotatable bonds is 2. The number of aromatic nitrogens is 2. The van der Waals surface area contributed by atoms with E-state index in [1.54, 1.807) is 12.2 Å². The molecule has 4 heterocycles. The van der Waals surface area contributed by atoms with Gasteiger partial charge >= 0.3 is 0 Å². The molecule has 2 aliphatic carbocycles. The van der Waals surface area contributed by atoms with Crippen LogP contribution in [0.3, 0.4) is 0 Å². The molecule has 0 radical (unpaired) electrons. The van der Waals surface area contributed by atoms with Gasteiger partial charge in [0.05, 0.1) is 42.6 Å². The fraction of sp³-hybridized carbons (Fsp3) is 0.0455. The van der Waals surface area contributed by atoms with Gasteiger partial charge in [0.15, 0.2) is 46.4 Å². The second kappa shape index (κ2) is 11.1. The lowest BCUT2D eigenvalue weighted by molar-refractivity contribution is 0.0975. The average molecular weight is 781 g/mol. The molecule has 0 saturated heterocycles. The highest BCUT2D eigenvalue weighted by Gasteiger charge is 2.35. The minimum absolute atomic E-state index is 0.00737. The second-order valence-corrected chi connectivity index (χ2v) is 16.4. The van der Waals surface area contributed by atoms with E-state index in [1.807, 2.05) is 26.2 Å². The smallest absolute Gasteiger partial charge is 0.197 e. The van der Waals surface area contributed by atoms with Gasteiger partial charge in [-0.3, -0.25) is 19.2 Å². The normalized spacial score (nSPS) is 14.3. The predicted molar refractivity (Wildman–Crippen MR) is 211 cm³/mol. The summed E-state index contributed by atoms with van der Waals surface area (Å²) < 4.78 is 61.7. The topological polar surface area (TPSA) is 78.1 Å². The number of carbonyl (C=O) groups is 4. The van der Waals surface area contributed by atoms with Gasteiger partial charge in [-0.25, -0.2) is 17.6 Å². The van der Waals surface area contributed by atoms with Crippen LogP contribution in [0.15, 0.2) is 83.9 Å². The Morgan fingerprint density at radius 1 is 0.429 bits per heavy atom. The molecule has 5 aromatic carbocycles. The molecule has 0 aliphatic heterocycles. The lowest BCUT2D eigenvalue weighted by Gasteiger charge is -2.02. The van der Waals surface area contributed by atoms with Crippen molar-refractivity contribution >= 4 is 122 Å². The number of hydrogen-bond donors (Lipinski definition) is 0. The molecular weight excluding hydrogens is 761 g/mol. The zero-order valence-corrected chi connectivity index (χ0v) is 30.6. The SMILES string of the molecule is Cn1c2cc3c4sc(C=C5C(=O)c6cc7cc(F)c(F)cc7cc6C5=O)cc4n(C)c3cc2c2sc(C=C3C(=O)c4cc5cc(F)c(F)cc5cc4C3=O)cc21. The van der Waals surface area contributed by atoms with Gasteiger partial charge in [0, 0.05) is 56.9 Å². The van der Waals surface area contributed by atoms with Gasteiger partial charge in [-0.1, -0.05) is 0 Å². The summed E-state index contributed by atoms with van der Waals surface area (Å²) >= 11 is 2.90. The fourth-order valence-electron chi connectivity index (χ4n) is 8.25. The van der Waals surface area contributed by atoms with E-state index in [1.165, 1.54) is 46.9 Å². The van der Waals surface area contributed by atoms with Crippen molar-refractivity contribution in [3.05, 3.63) is 139 Å². The molecule has 0 atom stereocenters. The molecule has 0 spiro atoms. The van der Waals surface area contributed by atoms with Crippen LogP contribution in [0.25, 0.3) is 75.9 Å². The van der Waals surface area contributed by atoms with Gasteiger partial charge < -0.3 is 9.13 Å². The number of hydrogen-bond acceptors (Lipinski definition) is 6. The Morgan fingerprint density at radius 2 is 0.732 bits per heavy atom. The van der Waals surface area contributed by atoms with Crippen molar-refractivity contribution in [3.63, 3.8) is 0 Å². The van der Waals surface area contributed by atoms with Crippen LogP contribution < -0.4 is 0 Å². The lowest BCUT2D eigenvalue weighted by Crippen LogP contribution is -1.99. The van der Waals surface area contributed by atoms with Crippen molar-refractivity contribution in [3.8, 4) is 0 Å². The van der Waals surface area contributed by atoms with Gasteiger partial charge in [-0.2, -0.15) is 0 Å². The molecule has 0 N–H and O–H groups in total. The summed E-state index contributed by atoms with van der Waals surface area (Å²) in [6.45, 7) is 0. The third-order valence-electron chi connectivity index (χ3n) is 11.1. The Morgan fingerprint density at radius 3 is 1.04 bits per heavy atom. The molecule has 11 rings (SSSR count). The zero-order chi connectivity index (χ0) is 38.6. The number of carbonyl (C=O) groups excluding carboxylic acids is 4. The van der Waals surface area contributed by atoms with Crippen LogP contribution in [-0.4, -0.2) is 32.3 Å². The first-order valence-electron chi connectivity index (χ1n) is 17.3. The zero-order valence-electron chi connectivity index (χ0n) is 28.9. The monoisotopic (exact) mass is 780 g/mol. The first kappa shape index (κ1) is 32.9. The highest BCUT2D eigenvalue weighted by Crippen LogP contribution is 2.43. The molecule has 2 aliphatic rings. The van der Waals surface area contributed by atoms with E-state index in [2.05, 4.69) is 21.3 Å². The Hall–Kier alpha value is -6.50. The number of aryl methyl sites for hydroxylation is 2. The van der Waals surface area contributed by atoms with Crippen molar-refractivity contribution < 1.29 is 36.7 Å². The summed E-state index contributed by atoms with van der Waals surface area (Å²) in [5, 5.41) is 3.28. The molecule has 270 valence electrons. The van der Waals surface area contributed by atoms with Crippen LogP contribution in [0.2, 0.25) is 0 Å². The van der Waals surface area contributed by atoms with Gasteiger partial charge in [-0.05, 0) is 106 Å². The molecule has 6 nitrogen and oxygen atoms in total. The van der Waals surface area contributed by atoms with Gasteiger partial charge in [0.25, 0.3) is 0 Å². The fourth-order valence-corrected chi connectivity index (χ4v) is 10.6. The first-order valence-corrected chi connectivity index (χ1v) is 18.9. The van der Waals surface area contributed by atoms with Crippen LogP contribution in [0, 0.1) is 23.3 Å². The quantitative estimate of drug-likeness (QED) is 0.0994. The second-order valence-electron chi connectivity index (χ2n) is 14.2. The largest absolute Gasteiger partial charge is 0.343 e. The Labute approximate surface area is 319 Å². The summed E-state index contributed by atoms with van der Waals surface area (Å²) in [7, 11) is 3.88. The summed E-state index contributed by atoms with van der Waals surface area (Å²) in [6, 6.07) is 17.9. The number of ketones is 4. The number of nitrogens with zero attached hydrogens (tertiary/aromatic N) is 2. The molecular formula is C44H20F4N2O4S2. The summed E-state index contributed by atoms with van der Waals surface area (Å²) in [5.41, 5.74) is 4.36. The molecule has 0 unspecified atom stereocenters. The molecule has 0 amide bonds. The number of allylic oxidation sites excluding steroid dienone is 2. The maximum absolute atomic E-state index is 13.9. The third-order valence-corrected chi connectivity index (χ3v) is 13.3. The van der Waals surface area contributed by atoms with E-state index >= 15 is 0 Å². The van der Waals surface area contributed by atoms with Crippen molar-refractivity contribution in [1.29, 1.82) is 0 Å². The van der Waals surface area contributed by atoms with E-state index in [9.17, 15) is 36.7 Å². The van der Waals surface area contributed by atoms with E-state index in [0.29, 0.717) is 31.3 Å². The van der Waals surface area contributed by atoms with Crippen molar-refractivity contribution in [2.24, 2.45) is 14.1 Å². The minimum Gasteiger partial charge on any atom is -0.343 e. The third kappa shape index (κ3) is 4.36. The molecule has 9 aromatic rings. The maximum atomic E-state index is 13.9. The summed E-state index contributed by atoms with van der Waals surface area (Å²) in [5.74, 6) is -5.99. The molecule has 4 aromatic heterocycles. The predicted octanol–water partition coefficient (Wildman–Crippen LogP) is 10.9. The number of thiophene rings is 2. The molecule has 0 saturated carbocycles. The average Bonchev–Trinajstić information content (AvgIpc) is 3.98. The molecule has 0 fully saturated rings. The van der Waals surface area contributed by atoms with Gasteiger partial charge in [0.2, 0.25) is 0 Å². The molecule has 0 bridgehead atoms. The van der Waals surface area contributed by atoms with E-state index in [0.717, 1.165) is 66.5 Å². The minimum atomic E-state index is -1.03. The summed E-state index contributed by atoms with van der Waals surface area (Å²) in [6.07, 6.45) is 3.17. The van der Waals surface area contributed by atoms with Crippen LogP contribution >= 0.6 is 22.7 Å². The lowest BCUT2D eigenvalue weighted by atomic mass is 10.0. The number of halogens is 4. The van der Waals surface area contributed by atoms with E-state index < -0.39 is 46.4 Å². The standard InChI is InChI=1S/C44H20F4N2O4S2/c1-49-35-15-28-36(50(2)38-14-22(56-44(28)38)12-30-41(53)25-5-19-9-33(47)34(48)10-20(19)6-26(25)42(30)54)16-27(35)43-37(49)13-21(55-43)11-29-39(51)23-3-17-7-31(45)32(46)8-18(17)4-24(23)40(29)52/h3-16H,1-2H3. The number of Topliss-reactive ketones (excluding diaryl/α,β-unsaturated/α-hetero) is 4. The number of benzene rings is 5. The Kier molecular flexibility index (Phi) is 6.49. The summed E-state index contributed by atoms with van der Waals surface area (Å²) in [4.78, 5) is 55.1.